The fourth-order valence-electron chi connectivity index (χ4n) is 3.48. The smallest absolute Gasteiger partial charge is 0.214 e. The Morgan fingerprint density at radius 1 is 1.00 bits per heavy atom. The SMILES string of the molecule is CC1CC(C)CC(NS(=O)(=O)C2CCNCC2)C1. The molecule has 4 nitrogen and oxygen atoms in total. The summed E-state index contributed by atoms with van der Waals surface area (Å²) in [6, 6.07) is 0.156. The van der Waals surface area contributed by atoms with Crippen LogP contribution in [-0.4, -0.2) is 32.8 Å². The molecule has 106 valence electrons. The molecule has 0 bridgehead atoms. The Bertz CT molecular complexity index is 353. The average molecular weight is 274 g/mol. The molecular formula is C13H26N2O2S. The molecule has 0 aromatic carbocycles. The van der Waals surface area contributed by atoms with E-state index < -0.39 is 10.0 Å². The van der Waals surface area contributed by atoms with E-state index in [0.29, 0.717) is 11.8 Å². The van der Waals surface area contributed by atoms with E-state index in [-0.39, 0.29) is 11.3 Å². The largest absolute Gasteiger partial charge is 0.317 e. The van der Waals surface area contributed by atoms with Crippen LogP contribution in [0.2, 0.25) is 0 Å². The van der Waals surface area contributed by atoms with Gasteiger partial charge in [-0.2, -0.15) is 0 Å². The molecule has 1 heterocycles. The topological polar surface area (TPSA) is 58.2 Å². The summed E-state index contributed by atoms with van der Waals surface area (Å²) in [5, 5.41) is 3.02. The fraction of sp³-hybridized carbons (Fsp3) is 1.00. The number of hydrogen-bond donors (Lipinski definition) is 2. The Hall–Kier alpha value is -0.130. The zero-order valence-electron chi connectivity index (χ0n) is 11.5. The van der Waals surface area contributed by atoms with Crippen molar-refractivity contribution in [2.75, 3.05) is 13.1 Å². The van der Waals surface area contributed by atoms with Crippen LogP contribution in [-0.2, 0) is 10.0 Å². The summed E-state index contributed by atoms with van der Waals surface area (Å²) < 4.78 is 27.6. The van der Waals surface area contributed by atoms with E-state index in [0.717, 1.165) is 38.8 Å². The third-order valence-electron chi connectivity index (χ3n) is 4.23. The van der Waals surface area contributed by atoms with Crippen molar-refractivity contribution in [3.63, 3.8) is 0 Å². The summed E-state index contributed by atoms with van der Waals surface area (Å²) in [4.78, 5) is 0. The minimum Gasteiger partial charge on any atom is -0.317 e. The maximum Gasteiger partial charge on any atom is 0.214 e. The maximum absolute atomic E-state index is 12.3. The van der Waals surface area contributed by atoms with Gasteiger partial charge in [-0.3, -0.25) is 0 Å². The van der Waals surface area contributed by atoms with Crippen molar-refractivity contribution in [2.45, 2.75) is 57.2 Å². The minimum absolute atomic E-state index is 0.156. The second-order valence-corrected chi connectivity index (χ2v) is 8.22. The molecule has 1 saturated carbocycles. The molecule has 5 heteroatoms. The maximum atomic E-state index is 12.3. The molecule has 2 fully saturated rings. The highest BCUT2D eigenvalue weighted by Crippen LogP contribution is 2.29. The van der Waals surface area contributed by atoms with E-state index in [1.807, 2.05) is 0 Å². The van der Waals surface area contributed by atoms with Gasteiger partial charge in [-0.25, -0.2) is 13.1 Å². The Kier molecular flexibility index (Phi) is 4.67. The second-order valence-electron chi connectivity index (χ2n) is 6.23. The van der Waals surface area contributed by atoms with Gasteiger partial charge in [0.05, 0.1) is 5.25 Å². The number of rotatable bonds is 3. The lowest BCUT2D eigenvalue weighted by atomic mass is 9.81. The van der Waals surface area contributed by atoms with E-state index in [1.54, 1.807) is 0 Å². The van der Waals surface area contributed by atoms with Gasteiger partial charge < -0.3 is 5.32 Å². The Morgan fingerprint density at radius 2 is 1.56 bits per heavy atom. The first-order chi connectivity index (χ1) is 8.47. The molecule has 0 spiro atoms. The van der Waals surface area contributed by atoms with Crippen LogP contribution in [0.25, 0.3) is 0 Å². The highest BCUT2D eigenvalue weighted by atomic mass is 32.2. The van der Waals surface area contributed by atoms with Crippen molar-refractivity contribution in [1.82, 2.24) is 10.0 Å². The van der Waals surface area contributed by atoms with Gasteiger partial charge in [-0.15, -0.1) is 0 Å². The predicted molar refractivity (Wildman–Crippen MR) is 73.9 cm³/mol. The lowest BCUT2D eigenvalue weighted by Gasteiger charge is -2.33. The lowest BCUT2D eigenvalue weighted by Crippen LogP contribution is -2.47. The first kappa shape index (κ1) is 14.3. The summed E-state index contributed by atoms with van der Waals surface area (Å²) in [6.07, 6.45) is 4.70. The van der Waals surface area contributed by atoms with Gasteiger partial charge in [0.15, 0.2) is 0 Å². The quantitative estimate of drug-likeness (QED) is 0.819. The molecule has 0 aromatic rings. The van der Waals surface area contributed by atoms with Crippen molar-refractivity contribution in [1.29, 1.82) is 0 Å². The fourth-order valence-corrected chi connectivity index (χ4v) is 5.18. The first-order valence-electron chi connectivity index (χ1n) is 7.19. The summed E-state index contributed by atoms with van der Waals surface area (Å²) in [5.41, 5.74) is 0. The van der Waals surface area contributed by atoms with Crippen molar-refractivity contribution in [2.24, 2.45) is 11.8 Å². The zero-order chi connectivity index (χ0) is 13.2. The third kappa shape index (κ3) is 3.68. The number of nitrogens with one attached hydrogen (secondary N) is 2. The van der Waals surface area contributed by atoms with Crippen LogP contribution in [0.5, 0.6) is 0 Å². The number of hydrogen-bond acceptors (Lipinski definition) is 3. The number of sulfonamides is 1. The molecule has 2 atom stereocenters. The molecule has 2 rings (SSSR count). The molecule has 2 aliphatic rings. The van der Waals surface area contributed by atoms with Crippen molar-refractivity contribution in [3.8, 4) is 0 Å². The molecule has 1 saturated heterocycles. The molecule has 0 amide bonds. The zero-order valence-corrected chi connectivity index (χ0v) is 12.3. The van der Waals surface area contributed by atoms with Gasteiger partial charge in [-0.05, 0) is 57.0 Å². The van der Waals surface area contributed by atoms with Crippen LogP contribution in [0.3, 0.4) is 0 Å². The minimum atomic E-state index is -3.12. The van der Waals surface area contributed by atoms with E-state index in [1.165, 1.54) is 6.42 Å². The third-order valence-corrected chi connectivity index (χ3v) is 6.25. The van der Waals surface area contributed by atoms with Crippen LogP contribution >= 0.6 is 0 Å². The number of piperidine rings is 1. The summed E-state index contributed by atoms with van der Waals surface area (Å²) in [7, 11) is -3.12. The predicted octanol–water partition coefficient (Wildman–Crippen LogP) is 1.48. The highest BCUT2D eigenvalue weighted by molar-refractivity contribution is 7.90. The molecule has 2 unspecified atom stereocenters. The summed E-state index contributed by atoms with van der Waals surface area (Å²) in [6.45, 7) is 6.09. The van der Waals surface area contributed by atoms with E-state index in [4.69, 9.17) is 0 Å². The van der Waals surface area contributed by atoms with Crippen LogP contribution < -0.4 is 10.0 Å². The van der Waals surface area contributed by atoms with E-state index in [9.17, 15) is 8.42 Å². The van der Waals surface area contributed by atoms with Gasteiger partial charge in [0.1, 0.15) is 0 Å². The Labute approximate surface area is 111 Å². The second kappa shape index (κ2) is 5.88. The normalized spacial score (nSPS) is 35.6. The molecule has 1 aliphatic carbocycles. The summed E-state index contributed by atoms with van der Waals surface area (Å²) in [5.74, 6) is 1.27. The van der Waals surface area contributed by atoms with Gasteiger partial charge >= 0.3 is 0 Å². The van der Waals surface area contributed by atoms with Crippen molar-refractivity contribution in [3.05, 3.63) is 0 Å². The molecule has 0 radical (unpaired) electrons. The van der Waals surface area contributed by atoms with Crippen molar-refractivity contribution < 1.29 is 8.42 Å². The lowest BCUT2D eigenvalue weighted by molar-refractivity contribution is 0.257. The first-order valence-corrected chi connectivity index (χ1v) is 8.74. The molecule has 18 heavy (non-hydrogen) atoms. The van der Waals surface area contributed by atoms with Crippen LogP contribution in [0.4, 0.5) is 0 Å². The molecular weight excluding hydrogens is 248 g/mol. The van der Waals surface area contributed by atoms with Gasteiger partial charge in [0.2, 0.25) is 10.0 Å². The van der Waals surface area contributed by atoms with Gasteiger partial charge in [-0.1, -0.05) is 13.8 Å². The van der Waals surface area contributed by atoms with E-state index in [2.05, 4.69) is 23.9 Å². The van der Waals surface area contributed by atoms with E-state index >= 15 is 0 Å². The molecule has 2 N–H and O–H groups in total. The summed E-state index contributed by atoms with van der Waals surface area (Å²) >= 11 is 0. The van der Waals surface area contributed by atoms with Gasteiger partial charge in [0.25, 0.3) is 0 Å². The van der Waals surface area contributed by atoms with Crippen LogP contribution in [0, 0.1) is 11.8 Å². The van der Waals surface area contributed by atoms with Gasteiger partial charge in [0, 0.05) is 6.04 Å². The standard InChI is InChI=1S/C13H26N2O2S/c1-10-7-11(2)9-12(8-10)15-18(16,17)13-3-5-14-6-4-13/h10-15H,3-9H2,1-2H3. The monoisotopic (exact) mass is 274 g/mol. The average Bonchev–Trinajstić information content (AvgIpc) is 2.28. The Balaban J connectivity index is 1.94. The van der Waals surface area contributed by atoms with Crippen LogP contribution in [0.15, 0.2) is 0 Å². The molecule has 0 aromatic heterocycles. The molecule has 1 aliphatic heterocycles. The highest BCUT2D eigenvalue weighted by Gasteiger charge is 2.32. The van der Waals surface area contributed by atoms with Crippen molar-refractivity contribution >= 4 is 10.0 Å². The Morgan fingerprint density at radius 3 is 2.11 bits per heavy atom. The van der Waals surface area contributed by atoms with Crippen LogP contribution in [0.1, 0.15) is 46.0 Å².